The Morgan fingerprint density at radius 2 is 2.00 bits per heavy atom. The molecular weight excluding hydrogens is 276 g/mol. The number of ether oxygens (including phenoxy) is 1. The third kappa shape index (κ3) is 3.94. The van der Waals surface area contributed by atoms with E-state index in [2.05, 4.69) is 5.32 Å². The van der Waals surface area contributed by atoms with E-state index in [0.717, 1.165) is 5.56 Å². The Kier molecular flexibility index (Phi) is 5.98. The predicted molar refractivity (Wildman–Crippen MR) is 80.4 cm³/mol. The van der Waals surface area contributed by atoms with Crippen LogP contribution in [0.25, 0.3) is 0 Å². The number of nitrogens with one attached hydrogen (secondary N) is 1. The van der Waals surface area contributed by atoms with E-state index >= 15 is 0 Å². The van der Waals surface area contributed by atoms with Gasteiger partial charge in [-0.3, -0.25) is 0 Å². The molecule has 0 heterocycles. The third-order valence-electron chi connectivity index (χ3n) is 2.92. The maximum atomic E-state index is 12.5. The van der Waals surface area contributed by atoms with Crippen molar-refractivity contribution < 1.29 is 13.2 Å². The molecule has 0 aromatic heterocycles. The summed E-state index contributed by atoms with van der Waals surface area (Å²) < 4.78 is 31.7. The van der Waals surface area contributed by atoms with Crippen LogP contribution in [-0.4, -0.2) is 40.5 Å². The number of rotatable bonds is 7. The van der Waals surface area contributed by atoms with E-state index in [-0.39, 0.29) is 10.8 Å². The summed E-state index contributed by atoms with van der Waals surface area (Å²) in [6.07, 6.45) is 0. The molecule has 5 nitrogen and oxygen atoms in total. The largest absolute Gasteiger partial charge is 0.495 e. The van der Waals surface area contributed by atoms with Crippen molar-refractivity contribution in [1.82, 2.24) is 9.62 Å². The van der Waals surface area contributed by atoms with Crippen molar-refractivity contribution in [3.8, 4) is 5.75 Å². The van der Waals surface area contributed by atoms with E-state index in [1.807, 2.05) is 20.9 Å². The summed E-state index contributed by atoms with van der Waals surface area (Å²) in [6.45, 7) is 5.11. The number of sulfonamides is 1. The number of hydrogen-bond donors (Lipinski definition) is 1. The summed E-state index contributed by atoms with van der Waals surface area (Å²) in [5, 5.41) is 3.03. The summed E-state index contributed by atoms with van der Waals surface area (Å²) in [5.74, 6) is 0.651. The maximum absolute atomic E-state index is 12.5. The fraction of sp³-hybridized carbons (Fsp3) is 0.571. The second-order valence-corrected chi connectivity index (χ2v) is 7.21. The molecule has 1 N–H and O–H groups in total. The molecule has 114 valence electrons. The SMILES string of the molecule is CNCc1ccc(S(=O)(=O)N(C)CC(C)C)c(OC)c1. The van der Waals surface area contributed by atoms with Crippen molar-refractivity contribution in [3.63, 3.8) is 0 Å². The first kappa shape index (κ1) is 16.9. The Morgan fingerprint density at radius 1 is 1.35 bits per heavy atom. The van der Waals surface area contributed by atoms with Crippen molar-refractivity contribution in [2.75, 3.05) is 27.7 Å². The van der Waals surface area contributed by atoms with Gasteiger partial charge in [-0.2, -0.15) is 0 Å². The lowest BCUT2D eigenvalue weighted by molar-refractivity contribution is 0.390. The first-order chi connectivity index (χ1) is 9.32. The first-order valence-corrected chi connectivity index (χ1v) is 8.04. The predicted octanol–water partition coefficient (Wildman–Crippen LogP) is 1.69. The monoisotopic (exact) mass is 300 g/mol. The molecule has 0 aliphatic carbocycles. The van der Waals surface area contributed by atoms with Gasteiger partial charge in [0.25, 0.3) is 0 Å². The molecule has 0 aliphatic heterocycles. The summed E-state index contributed by atoms with van der Waals surface area (Å²) in [7, 11) is 1.40. The van der Waals surface area contributed by atoms with Crippen LogP contribution in [0.4, 0.5) is 0 Å². The Bertz CT molecular complexity index is 541. The molecule has 20 heavy (non-hydrogen) atoms. The quantitative estimate of drug-likeness (QED) is 0.832. The summed E-state index contributed by atoms with van der Waals surface area (Å²) in [6, 6.07) is 5.17. The fourth-order valence-electron chi connectivity index (χ4n) is 2.02. The molecular formula is C14H24N2O3S. The highest BCUT2D eigenvalue weighted by Gasteiger charge is 2.25. The lowest BCUT2D eigenvalue weighted by atomic mass is 10.2. The third-order valence-corrected chi connectivity index (χ3v) is 4.78. The number of hydrogen-bond acceptors (Lipinski definition) is 4. The van der Waals surface area contributed by atoms with Gasteiger partial charge in [0.2, 0.25) is 10.0 Å². The molecule has 0 saturated heterocycles. The van der Waals surface area contributed by atoms with Crippen LogP contribution >= 0.6 is 0 Å². The zero-order valence-electron chi connectivity index (χ0n) is 12.8. The zero-order chi connectivity index (χ0) is 15.3. The van der Waals surface area contributed by atoms with Gasteiger partial charge in [0.1, 0.15) is 10.6 Å². The Balaban J connectivity index is 3.17. The highest BCUT2D eigenvalue weighted by Crippen LogP contribution is 2.27. The van der Waals surface area contributed by atoms with Gasteiger partial charge < -0.3 is 10.1 Å². The van der Waals surface area contributed by atoms with Gasteiger partial charge >= 0.3 is 0 Å². The minimum atomic E-state index is -3.52. The van der Waals surface area contributed by atoms with Gasteiger partial charge in [0.15, 0.2) is 0 Å². The zero-order valence-corrected chi connectivity index (χ0v) is 13.6. The average molecular weight is 300 g/mol. The Hall–Kier alpha value is -1.11. The van der Waals surface area contributed by atoms with Crippen molar-refractivity contribution in [2.45, 2.75) is 25.3 Å². The van der Waals surface area contributed by atoms with Crippen LogP contribution in [-0.2, 0) is 16.6 Å². The topological polar surface area (TPSA) is 58.6 Å². The molecule has 0 spiro atoms. The van der Waals surface area contributed by atoms with Crippen LogP contribution in [0.15, 0.2) is 23.1 Å². The molecule has 0 amide bonds. The highest BCUT2D eigenvalue weighted by atomic mass is 32.2. The normalized spacial score (nSPS) is 12.2. The van der Waals surface area contributed by atoms with E-state index in [1.165, 1.54) is 11.4 Å². The lowest BCUT2D eigenvalue weighted by Gasteiger charge is -2.20. The van der Waals surface area contributed by atoms with Crippen LogP contribution < -0.4 is 10.1 Å². The van der Waals surface area contributed by atoms with Crippen LogP contribution in [0.3, 0.4) is 0 Å². The summed E-state index contributed by atoms with van der Waals surface area (Å²) >= 11 is 0. The Labute approximate surface area is 122 Å². The average Bonchev–Trinajstić information content (AvgIpc) is 2.37. The van der Waals surface area contributed by atoms with Gasteiger partial charge in [-0.25, -0.2) is 12.7 Å². The number of methoxy groups -OCH3 is 1. The molecule has 0 atom stereocenters. The van der Waals surface area contributed by atoms with Gasteiger partial charge in [0.05, 0.1) is 7.11 Å². The minimum absolute atomic E-state index is 0.211. The molecule has 1 aromatic carbocycles. The van der Waals surface area contributed by atoms with E-state index in [9.17, 15) is 8.42 Å². The van der Waals surface area contributed by atoms with E-state index in [0.29, 0.717) is 18.8 Å². The molecule has 0 radical (unpaired) electrons. The standard InChI is InChI=1S/C14H24N2O3S/c1-11(2)10-16(4)20(17,18)14-7-6-12(9-15-3)8-13(14)19-5/h6-8,11,15H,9-10H2,1-5H3. The molecule has 0 fully saturated rings. The van der Waals surface area contributed by atoms with Gasteiger partial charge in [-0.05, 0) is 30.7 Å². The van der Waals surface area contributed by atoms with E-state index in [1.54, 1.807) is 25.2 Å². The molecule has 0 saturated carbocycles. The molecule has 0 bridgehead atoms. The van der Waals surface area contributed by atoms with Crippen LogP contribution in [0.5, 0.6) is 5.75 Å². The highest BCUT2D eigenvalue weighted by molar-refractivity contribution is 7.89. The fourth-order valence-corrected chi connectivity index (χ4v) is 3.49. The summed E-state index contributed by atoms with van der Waals surface area (Å²) in [5.41, 5.74) is 0.981. The van der Waals surface area contributed by atoms with E-state index in [4.69, 9.17) is 4.74 Å². The minimum Gasteiger partial charge on any atom is -0.495 e. The van der Waals surface area contributed by atoms with Crippen LogP contribution in [0.1, 0.15) is 19.4 Å². The molecule has 0 aliphatic rings. The first-order valence-electron chi connectivity index (χ1n) is 6.60. The maximum Gasteiger partial charge on any atom is 0.246 e. The van der Waals surface area contributed by atoms with Crippen LogP contribution in [0, 0.1) is 5.92 Å². The number of nitrogens with zero attached hydrogens (tertiary/aromatic N) is 1. The molecule has 1 rings (SSSR count). The van der Waals surface area contributed by atoms with Gasteiger partial charge in [-0.15, -0.1) is 0 Å². The lowest BCUT2D eigenvalue weighted by Crippen LogP contribution is -2.30. The van der Waals surface area contributed by atoms with Gasteiger partial charge in [0, 0.05) is 20.1 Å². The van der Waals surface area contributed by atoms with Gasteiger partial charge in [-0.1, -0.05) is 19.9 Å². The van der Waals surface area contributed by atoms with Crippen molar-refractivity contribution >= 4 is 10.0 Å². The second-order valence-electron chi connectivity index (χ2n) is 5.19. The van der Waals surface area contributed by atoms with Crippen molar-refractivity contribution in [2.24, 2.45) is 5.92 Å². The van der Waals surface area contributed by atoms with Crippen LogP contribution in [0.2, 0.25) is 0 Å². The van der Waals surface area contributed by atoms with Crippen molar-refractivity contribution in [1.29, 1.82) is 0 Å². The molecule has 1 aromatic rings. The smallest absolute Gasteiger partial charge is 0.246 e. The summed E-state index contributed by atoms with van der Waals surface area (Å²) in [4.78, 5) is 0.211. The van der Waals surface area contributed by atoms with Crippen molar-refractivity contribution in [3.05, 3.63) is 23.8 Å². The Morgan fingerprint density at radius 3 is 2.50 bits per heavy atom. The number of benzene rings is 1. The molecule has 0 unspecified atom stereocenters. The molecule has 6 heteroatoms. The van der Waals surface area contributed by atoms with E-state index < -0.39 is 10.0 Å². The second kappa shape index (κ2) is 7.06.